The lowest BCUT2D eigenvalue weighted by molar-refractivity contribution is -0.131. The maximum Gasteiger partial charge on any atom is 0.329 e. The number of hydrogen-bond donors (Lipinski definition) is 2. The topological polar surface area (TPSA) is 49.3 Å². The number of carboxylic acids is 1. The summed E-state index contributed by atoms with van der Waals surface area (Å²) in [4.78, 5) is 10.2. The molecule has 0 unspecified atom stereocenters. The first-order valence-electron chi connectivity index (χ1n) is 4.86. The molecule has 3 heteroatoms. The van der Waals surface area contributed by atoms with E-state index in [9.17, 15) is 4.79 Å². The van der Waals surface area contributed by atoms with Crippen molar-refractivity contribution in [3.63, 3.8) is 0 Å². The Balaban J connectivity index is 1.70. The van der Waals surface area contributed by atoms with Crippen LogP contribution in [0, 0.1) is 11.3 Å². The van der Waals surface area contributed by atoms with Gasteiger partial charge in [0.25, 0.3) is 0 Å². The summed E-state index contributed by atoms with van der Waals surface area (Å²) >= 11 is 0. The van der Waals surface area contributed by atoms with Crippen LogP contribution in [0.4, 0.5) is 0 Å². The molecule has 2 saturated carbocycles. The van der Waals surface area contributed by atoms with Gasteiger partial charge in [-0.1, -0.05) is 0 Å². The van der Waals surface area contributed by atoms with Crippen LogP contribution in [0.25, 0.3) is 0 Å². The van der Waals surface area contributed by atoms with Crippen LogP contribution < -0.4 is 5.32 Å². The van der Waals surface area contributed by atoms with E-state index in [2.05, 4.69) is 5.32 Å². The highest BCUT2D eigenvalue weighted by Crippen LogP contribution is 2.60. The van der Waals surface area contributed by atoms with Gasteiger partial charge in [-0.25, -0.2) is 4.79 Å². The summed E-state index contributed by atoms with van der Waals surface area (Å²) < 4.78 is 0. The first kappa shape index (κ1) is 8.60. The fourth-order valence-electron chi connectivity index (χ4n) is 1.98. The maximum atomic E-state index is 10.2. The minimum absolute atomic E-state index is 0.544. The molecule has 13 heavy (non-hydrogen) atoms. The van der Waals surface area contributed by atoms with Crippen molar-refractivity contribution in [3.05, 3.63) is 12.3 Å². The molecule has 0 bridgehead atoms. The van der Waals surface area contributed by atoms with Gasteiger partial charge in [-0.05, 0) is 37.0 Å². The Bertz CT molecular complexity index is 239. The molecule has 0 spiro atoms. The van der Waals surface area contributed by atoms with Crippen molar-refractivity contribution in [3.8, 4) is 0 Å². The van der Waals surface area contributed by atoms with Gasteiger partial charge >= 0.3 is 5.97 Å². The summed E-state index contributed by atoms with van der Waals surface area (Å²) in [5.74, 6) is 0.0435. The Morgan fingerprint density at radius 3 is 2.69 bits per heavy atom. The molecule has 0 heterocycles. The van der Waals surface area contributed by atoms with E-state index < -0.39 is 5.97 Å². The second-order valence-corrected chi connectivity index (χ2v) is 4.19. The molecule has 2 aliphatic rings. The van der Waals surface area contributed by atoms with E-state index in [1.165, 1.54) is 25.7 Å². The van der Waals surface area contributed by atoms with E-state index in [1.54, 1.807) is 6.20 Å². The molecule has 0 aromatic carbocycles. The minimum atomic E-state index is -0.885. The SMILES string of the molecule is O=C(O)/C=C/NCC1(C2CC2)CC1. The minimum Gasteiger partial charge on any atom is -0.478 e. The largest absolute Gasteiger partial charge is 0.478 e. The Hall–Kier alpha value is -0.990. The number of aliphatic carboxylic acids is 1. The molecule has 2 N–H and O–H groups in total. The number of carbonyl (C=O) groups is 1. The van der Waals surface area contributed by atoms with Gasteiger partial charge in [-0.3, -0.25) is 0 Å². The first-order valence-corrected chi connectivity index (χ1v) is 4.86. The lowest BCUT2D eigenvalue weighted by Crippen LogP contribution is -2.21. The molecule has 2 fully saturated rings. The van der Waals surface area contributed by atoms with Crippen molar-refractivity contribution < 1.29 is 9.90 Å². The second-order valence-electron chi connectivity index (χ2n) is 4.19. The molecule has 3 nitrogen and oxygen atoms in total. The third-order valence-electron chi connectivity index (χ3n) is 3.13. The molecule has 2 aliphatic carbocycles. The summed E-state index contributed by atoms with van der Waals surface area (Å²) in [6.07, 6.45) is 8.11. The van der Waals surface area contributed by atoms with Crippen molar-refractivity contribution in [2.45, 2.75) is 25.7 Å². The van der Waals surface area contributed by atoms with E-state index in [1.807, 2.05) is 0 Å². The fraction of sp³-hybridized carbons (Fsp3) is 0.700. The molecule has 0 amide bonds. The molecular weight excluding hydrogens is 166 g/mol. The quantitative estimate of drug-likeness (QED) is 0.630. The molecule has 72 valence electrons. The van der Waals surface area contributed by atoms with Crippen LogP contribution in [-0.2, 0) is 4.79 Å². The number of hydrogen-bond acceptors (Lipinski definition) is 2. The Morgan fingerprint density at radius 2 is 2.23 bits per heavy atom. The van der Waals surface area contributed by atoms with Crippen molar-refractivity contribution in [1.82, 2.24) is 5.32 Å². The van der Waals surface area contributed by atoms with Crippen LogP contribution in [0.5, 0.6) is 0 Å². The average molecular weight is 181 g/mol. The number of nitrogens with one attached hydrogen (secondary N) is 1. The highest BCUT2D eigenvalue weighted by Gasteiger charge is 2.53. The molecule has 0 saturated heterocycles. The molecule has 2 rings (SSSR count). The van der Waals surface area contributed by atoms with Crippen LogP contribution in [0.3, 0.4) is 0 Å². The van der Waals surface area contributed by atoms with Gasteiger partial charge in [0.2, 0.25) is 0 Å². The molecule has 0 aromatic heterocycles. The molecule has 0 radical (unpaired) electrons. The van der Waals surface area contributed by atoms with Crippen LogP contribution in [0.15, 0.2) is 12.3 Å². The third kappa shape index (κ3) is 2.02. The van der Waals surface area contributed by atoms with Crippen molar-refractivity contribution >= 4 is 5.97 Å². The summed E-state index contributed by atoms with van der Waals surface area (Å²) in [6.45, 7) is 0.960. The molecular formula is C10H15NO2. The van der Waals surface area contributed by atoms with Gasteiger partial charge < -0.3 is 10.4 Å². The smallest absolute Gasteiger partial charge is 0.329 e. The lowest BCUT2D eigenvalue weighted by atomic mass is 10.0. The van der Waals surface area contributed by atoms with Gasteiger partial charge in [0, 0.05) is 18.8 Å². The van der Waals surface area contributed by atoms with Gasteiger partial charge in [0.15, 0.2) is 0 Å². The van der Waals surface area contributed by atoms with Gasteiger partial charge in [0.05, 0.1) is 0 Å². The number of rotatable bonds is 5. The van der Waals surface area contributed by atoms with E-state index in [4.69, 9.17) is 5.11 Å². The average Bonchev–Trinajstić information content (AvgIpc) is 2.88. The highest BCUT2D eigenvalue weighted by atomic mass is 16.4. The Morgan fingerprint density at radius 1 is 1.54 bits per heavy atom. The first-order chi connectivity index (χ1) is 6.23. The van der Waals surface area contributed by atoms with Crippen LogP contribution in [-0.4, -0.2) is 17.6 Å². The zero-order valence-corrected chi connectivity index (χ0v) is 7.62. The normalized spacial score (nSPS) is 24.6. The zero-order valence-electron chi connectivity index (χ0n) is 7.62. The highest BCUT2D eigenvalue weighted by molar-refractivity contribution is 5.79. The van der Waals surface area contributed by atoms with Crippen molar-refractivity contribution in [1.29, 1.82) is 0 Å². The lowest BCUT2D eigenvalue weighted by Gasteiger charge is -2.12. The van der Waals surface area contributed by atoms with Crippen LogP contribution in [0.1, 0.15) is 25.7 Å². The summed E-state index contributed by atoms with van der Waals surface area (Å²) in [5, 5.41) is 11.4. The van der Waals surface area contributed by atoms with E-state index in [0.717, 1.165) is 18.5 Å². The van der Waals surface area contributed by atoms with Crippen LogP contribution in [0.2, 0.25) is 0 Å². The van der Waals surface area contributed by atoms with Gasteiger partial charge in [-0.2, -0.15) is 0 Å². The van der Waals surface area contributed by atoms with Crippen molar-refractivity contribution in [2.24, 2.45) is 11.3 Å². The fourth-order valence-corrected chi connectivity index (χ4v) is 1.98. The second kappa shape index (κ2) is 3.05. The van der Waals surface area contributed by atoms with Crippen molar-refractivity contribution in [2.75, 3.05) is 6.54 Å². The van der Waals surface area contributed by atoms with Gasteiger partial charge in [-0.15, -0.1) is 0 Å². The number of carboxylic acid groups (broad SMARTS) is 1. The summed E-state index contributed by atoms with van der Waals surface area (Å²) in [6, 6.07) is 0. The predicted octanol–water partition coefficient (Wildman–Crippen LogP) is 1.36. The molecule has 0 atom stereocenters. The predicted molar refractivity (Wildman–Crippen MR) is 49.2 cm³/mol. The Kier molecular flexibility index (Phi) is 2.02. The zero-order chi connectivity index (χ0) is 9.31. The Labute approximate surface area is 77.8 Å². The standard InChI is InChI=1S/C10H15NO2/c12-9(13)3-6-11-7-10(4-5-10)8-1-2-8/h3,6,8,11H,1-2,4-5,7H2,(H,12,13)/b6-3+. The van der Waals surface area contributed by atoms with E-state index in [0.29, 0.717) is 5.41 Å². The molecule has 0 aromatic rings. The maximum absolute atomic E-state index is 10.2. The summed E-state index contributed by atoms with van der Waals surface area (Å²) in [5.41, 5.74) is 0.544. The monoisotopic (exact) mass is 181 g/mol. The van der Waals surface area contributed by atoms with E-state index >= 15 is 0 Å². The van der Waals surface area contributed by atoms with Crippen LogP contribution >= 0.6 is 0 Å². The summed E-state index contributed by atoms with van der Waals surface area (Å²) in [7, 11) is 0. The van der Waals surface area contributed by atoms with E-state index in [-0.39, 0.29) is 0 Å². The third-order valence-corrected chi connectivity index (χ3v) is 3.13. The van der Waals surface area contributed by atoms with Gasteiger partial charge in [0.1, 0.15) is 0 Å². The molecule has 0 aliphatic heterocycles.